The van der Waals surface area contributed by atoms with E-state index in [4.69, 9.17) is 0 Å². The summed E-state index contributed by atoms with van der Waals surface area (Å²) in [4.78, 5) is 24.7. The molecule has 0 radical (unpaired) electrons. The summed E-state index contributed by atoms with van der Waals surface area (Å²) < 4.78 is 0. The van der Waals surface area contributed by atoms with Crippen LogP contribution in [0, 0.1) is 5.92 Å². The summed E-state index contributed by atoms with van der Waals surface area (Å²) in [5.74, 6) is -0.825. The normalized spacial score (nSPS) is 26.2. The molecule has 0 bridgehead atoms. The van der Waals surface area contributed by atoms with Crippen molar-refractivity contribution in [3.63, 3.8) is 0 Å². The number of carboxylic acids is 1. The molecule has 1 saturated carbocycles. The average Bonchev–Trinajstić information content (AvgIpc) is 2.86. The molecule has 1 aliphatic carbocycles. The predicted octanol–water partition coefficient (Wildman–Crippen LogP) is 3.07. The molecule has 110 valence electrons. The van der Waals surface area contributed by atoms with Gasteiger partial charge in [-0.15, -0.1) is 11.3 Å². The van der Waals surface area contributed by atoms with Crippen LogP contribution in [-0.2, 0) is 11.2 Å². The Kier molecular flexibility index (Phi) is 4.48. The quantitative estimate of drug-likeness (QED) is 0.897. The maximum atomic E-state index is 12.4. The molecular weight excluding hydrogens is 274 g/mol. The van der Waals surface area contributed by atoms with Gasteiger partial charge in [-0.3, -0.25) is 4.79 Å². The lowest BCUT2D eigenvalue weighted by atomic mass is 9.76. The third kappa shape index (κ3) is 2.87. The van der Waals surface area contributed by atoms with Crippen molar-refractivity contribution < 1.29 is 14.7 Å². The highest BCUT2D eigenvalue weighted by Gasteiger charge is 2.43. The third-order valence-electron chi connectivity index (χ3n) is 4.09. The molecule has 1 amide bonds. The fourth-order valence-corrected chi connectivity index (χ4v) is 3.89. The average molecular weight is 295 g/mol. The summed E-state index contributed by atoms with van der Waals surface area (Å²) in [6.45, 7) is 4.04. The number of amides is 1. The van der Waals surface area contributed by atoms with Gasteiger partial charge in [0.05, 0.1) is 4.88 Å². The van der Waals surface area contributed by atoms with Gasteiger partial charge < -0.3 is 10.4 Å². The lowest BCUT2D eigenvalue weighted by Crippen LogP contribution is -2.56. The maximum absolute atomic E-state index is 12.4. The Hall–Kier alpha value is -1.36. The number of hydrogen-bond donors (Lipinski definition) is 2. The van der Waals surface area contributed by atoms with Crippen LogP contribution in [0.1, 0.15) is 54.8 Å². The van der Waals surface area contributed by atoms with Gasteiger partial charge in [0.1, 0.15) is 5.54 Å². The Labute approximate surface area is 123 Å². The minimum Gasteiger partial charge on any atom is -0.480 e. The molecule has 0 spiro atoms. The number of rotatable bonds is 4. The molecule has 0 aliphatic heterocycles. The van der Waals surface area contributed by atoms with Gasteiger partial charge in [-0.2, -0.15) is 0 Å². The van der Waals surface area contributed by atoms with E-state index < -0.39 is 11.5 Å². The summed E-state index contributed by atoms with van der Waals surface area (Å²) in [5.41, 5.74) is -0.110. The van der Waals surface area contributed by atoms with Gasteiger partial charge in [0, 0.05) is 0 Å². The molecule has 1 aromatic rings. The van der Waals surface area contributed by atoms with Gasteiger partial charge in [0.2, 0.25) is 0 Å². The molecule has 2 N–H and O–H groups in total. The van der Waals surface area contributed by atoms with Gasteiger partial charge in [-0.1, -0.05) is 26.7 Å². The first kappa shape index (κ1) is 15.0. The van der Waals surface area contributed by atoms with E-state index in [0.29, 0.717) is 23.6 Å². The zero-order valence-electron chi connectivity index (χ0n) is 11.9. The molecule has 5 heteroatoms. The lowest BCUT2D eigenvalue weighted by molar-refractivity contribution is -0.146. The smallest absolute Gasteiger partial charge is 0.329 e. The molecule has 1 fully saturated rings. The summed E-state index contributed by atoms with van der Waals surface area (Å²) in [5, 5.41) is 14.3. The summed E-state index contributed by atoms with van der Waals surface area (Å²) in [7, 11) is 0. The number of carbonyl (C=O) groups is 2. The van der Waals surface area contributed by atoms with Crippen LogP contribution in [0.3, 0.4) is 0 Å². The van der Waals surface area contributed by atoms with Crippen LogP contribution in [-0.4, -0.2) is 22.5 Å². The first-order valence-corrected chi connectivity index (χ1v) is 7.98. The fraction of sp³-hybridized carbons (Fsp3) is 0.600. The Morgan fingerprint density at radius 3 is 2.90 bits per heavy atom. The topological polar surface area (TPSA) is 66.4 Å². The van der Waals surface area contributed by atoms with E-state index in [1.807, 2.05) is 25.3 Å². The highest BCUT2D eigenvalue weighted by atomic mass is 32.1. The second kappa shape index (κ2) is 5.95. The second-order valence-electron chi connectivity index (χ2n) is 5.67. The van der Waals surface area contributed by atoms with Crippen LogP contribution in [0.2, 0.25) is 0 Å². The molecule has 0 saturated heterocycles. The first-order valence-electron chi connectivity index (χ1n) is 7.11. The predicted molar refractivity (Wildman–Crippen MR) is 79.2 cm³/mol. The number of carboxylic acid groups (broad SMARTS) is 1. The first-order chi connectivity index (χ1) is 9.48. The highest BCUT2D eigenvalue weighted by molar-refractivity contribution is 7.12. The Balaban J connectivity index is 2.20. The molecule has 1 aromatic heterocycles. The molecule has 0 aromatic carbocycles. The van der Waals surface area contributed by atoms with E-state index in [1.54, 1.807) is 0 Å². The van der Waals surface area contributed by atoms with Crippen LogP contribution < -0.4 is 5.32 Å². The molecular formula is C15H21NO3S. The standard InChI is InChI=1S/C15H21NO3S/c1-3-11-6-8-20-12(11)13(17)16-15(14(18)19)7-4-5-10(2)9-15/h6,8,10H,3-5,7,9H2,1-2H3,(H,16,17)(H,18,19). The molecule has 1 heterocycles. The minimum absolute atomic E-state index is 0.242. The molecule has 4 nitrogen and oxygen atoms in total. The van der Waals surface area contributed by atoms with Gasteiger partial charge in [0.15, 0.2) is 0 Å². The van der Waals surface area contributed by atoms with Crippen LogP contribution in [0.5, 0.6) is 0 Å². The van der Waals surface area contributed by atoms with Gasteiger partial charge in [0.25, 0.3) is 5.91 Å². The molecule has 20 heavy (non-hydrogen) atoms. The highest BCUT2D eigenvalue weighted by Crippen LogP contribution is 2.33. The van der Waals surface area contributed by atoms with Crippen molar-refractivity contribution in [2.75, 3.05) is 0 Å². The van der Waals surface area contributed by atoms with E-state index in [2.05, 4.69) is 5.32 Å². The number of carbonyl (C=O) groups excluding carboxylic acids is 1. The van der Waals surface area contributed by atoms with Gasteiger partial charge in [-0.05, 0) is 42.2 Å². The Bertz CT molecular complexity index is 511. The van der Waals surface area contributed by atoms with Crippen LogP contribution in [0.15, 0.2) is 11.4 Å². The number of thiophene rings is 1. The number of hydrogen-bond acceptors (Lipinski definition) is 3. The van der Waals surface area contributed by atoms with E-state index in [1.165, 1.54) is 11.3 Å². The third-order valence-corrected chi connectivity index (χ3v) is 5.05. The fourth-order valence-electron chi connectivity index (χ4n) is 3.00. The SMILES string of the molecule is CCc1ccsc1C(=O)NC1(C(=O)O)CCCC(C)C1. The van der Waals surface area contributed by atoms with Crippen LogP contribution >= 0.6 is 11.3 Å². The van der Waals surface area contributed by atoms with Crippen molar-refractivity contribution in [1.29, 1.82) is 0 Å². The number of nitrogens with one attached hydrogen (secondary N) is 1. The lowest BCUT2D eigenvalue weighted by Gasteiger charge is -2.37. The van der Waals surface area contributed by atoms with E-state index in [-0.39, 0.29) is 5.91 Å². The molecule has 2 unspecified atom stereocenters. The summed E-state index contributed by atoms with van der Waals surface area (Å²) in [6.07, 6.45) is 3.69. The van der Waals surface area contributed by atoms with Gasteiger partial charge >= 0.3 is 5.97 Å². The molecule has 2 atom stereocenters. The Morgan fingerprint density at radius 2 is 2.30 bits per heavy atom. The van der Waals surface area contributed by atoms with Crippen molar-refractivity contribution >= 4 is 23.2 Å². The van der Waals surface area contributed by atoms with E-state index >= 15 is 0 Å². The monoisotopic (exact) mass is 295 g/mol. The van der Waals surface area contributed by atoms with Crippen molar-refractivity contribution in [2.24, 2.45) is 5.92 Å². The van der Waals surface area contributed by atoms with E-state index in [9.17, 15) is 14.7 Å². The largest absolute Gasteiger partial charge is 0.480 e. The molecule has 1 aliphatic rings. The maximum Gasteiger partial charge on any atom is 0.329 e. The van der Waals surface area contributed by atoms with Crippen LogP contribution in [0.25, 0.3) is 0 Å². The van der Waals surface area contributed by atoms with Crippen LogP contribution in [0.4, 0.5) is 0 Å². The number of aliphatic carboxylic acids is 1. The number of aryl methyl sites for hydroxylation is 1. The van der Waals surface area contributed by atoms with Crippen molar-refractivity contribution in [2.45, 2.75) is 51.5 Å². The summed E-state index contributed by atoms with van der Waals surface area (Å²) in [6, 6.07) is 1.93. The molecule has 2 rings (SSSR count). The second-order valence-corrected chi connectivity index (χ2v) is 6.59. The van der Waals surface area contributed by atoms with Crippen molar-refractivity contribution in [1.82, 2.24) is 5.32 Å². The Morgan fingerprint density at radius 1 is 1.55 bits per heavy atom. The van der Waals surface area contributed by atoms with E-state index in [0.717, 1.165) is 24.8 Å². The zero-order valence-corrected chi connectivity index (χ0v) is 12.8. The van der Waals surface area contributed by atoms with Crippen molar-refractivity contribution in [3.05, 3.63) is 21.9 Å². The van der Waals surface area contributed by atoms with Gasteiger partial charge in [-0.25, -0.2) is 4.79 Å². The van der Waals surface area contributed by atoms with Crippen molar-refractivity contribution in [3.8, 4) is 0 Å². The minimum atomic E-state index is -1.09. The zero-order chi connectivity index (χ0) is 14.8. The summed E-state index contributed by atoms with van der Waals surface area (Å²) >= 11 is 1.38.